The molecule has 0 unspecified atom stereocenters. The molecule has 2 aliphatic rings. The molecule has 2 fully saturated rings. The Morgan fingerprint density at radius 2 is 1.93 bits per heavy atom. The van der Waals surface area contributed by atoms with Crippen LogP contribution in [-0.4, -0.2) is 63.7 Å². The molecule has 0 aromatic carbocycles. The Kier molecular flexibility index (Phi) is 8.99. The van der Waals surface area contributed by atoms with Gasteiger partial charge in [0.05, 0.1) is 39.8 Å². The van der Waals surface area contributed by atoms with E-state index in [0.29, 0.717) is 34.3 Å². The van der Waals surface area contributed by atoms with Gasteiger partial charge >= 0.3 is 0 Å². The number of thiazole rings is 1. The average molecular weight is 602 g/mol. The lowest BCUT2D eigenvalue weighted by Crippen LogP contribution is -2.29. The molecule has 1 saturated heterocycles. The van der Waals surface area contributed by atoms with Gasteiger partial charge in [-0.3, -0.25) is 14.5 Å². The highest BCUT2D eigenvalue weighted by Crippen LogP contribution is 2.31. The lowest BCUT2D eigenvalue weighted by molar-refractivity contribution is 0.0950. The van der Waals surface area contributed by atoms with E-state index in [1.165, 1.54) is 56.4 Å². The van der Waals surface area contributed by atoms with Gasteiger partial charge in [0.15, 0.2) is 5.01 Å². The zero-order valence-corrected chi connectivity index (χ0v) is 24.6. The zero-order valence-electron chi connectivity index (χ0n) is 22.2. The van der Waals surface area contributed by atoms with Crippen molar-refractivity contribution in [2.24, 2.45) is 0 Å². The number of sulfonamides is 1. The normalized spacial score (nSPS) is 15.8. The standard InChI is InChI=1S/C20H17ClN6O3S2.C7H15N/c21-12-4-6-27-17(7-12)16(10-25-27)18-11-24-20(31-18)19(28)23-9-14-8-13(3-5-22-14)26-32(29,30)15-1-2-15;1-2-8-6-4-3-5-7-8/h3-8,10-11,15H,1-2,9H2,(H,22,26)(H,23,28);2-7H2,1H3. The number of hydrogen-bond donors (Lipinski definition) is 2. The Morgan fingerprint density at radius 1 is 1.12 bits per heavy atom. The highest BCUT2D eigenvalue weighted by atomic mass is 35.5. The summed E-state index contributed by atoms with van der Waals surface area (Å²) in [4.78, 5) is 24.3. The number of rotatable bonds is 8. The maximum Gasteiger partial charge on any atom is 0.280 e. The maximum absolute atomic E-state index is 12.6. The molecule has 13 heteroatoms. The maximum atomic E-state index is 12.6. The van der Waals surface area contributed by atoms with Crippen molar-refractivity contribution in [2.45, 2.75) is 50.8 Å². The summed E-state index contributed by atoms with van der Waals surface area (Å²) in [5.41, 5.74) is 2.62. The summed E-state index contributed by atoms with van der Waals surface area (Å²) in [5, 5.41) is 7.64. The van der Waals surface area contributed by atoms with Crippen molar-refractivity contribution in [3.63, 3.8) is 0 Å². The molecule has 0 radical (unpaired) electrons. The first-order chi connectivity index (χ1) is 19.3. The molecule has 0 bridgehead atoms. The van der Waals surface area contributed by atoms with E-state index in [-0.39, 0.29) is 17.7 Å². The molecule has 0 atom stereocenters. The van der Waals surface area contributed by atoms with Crippen LogP contribution in [0.5, 0.6) is 0 Å². The van der Waals surface area contributed by atoms with Crippen LogP contribution >= 0.6 is 22.9 Å². The van der Waals surface area contributed by atoms with E-state index in [4.69, 9.17) is 11.6 Å². The van der Waals surface area contributed by atoms with Crippen LogP contribution in [0, 0.1) is 0 Å². The third kappa shape index (κ3) is 7.17. The van der Waals surface area contributed by atoms with E-state index in [2.05, 4.69) is 36.9 Å². The molecule has 1 amide bonds. The molecule has 10 nitrogen and oxygen atoms in total. The number of fused-ring (bicyclic) bond motifs is 1. The smallest absolute Gasteiger partial charge is 0.280 e. The molecule has 4 aromatic heterocycles. The second-order valence-corrected chi connectivity index (χ2v) is 13.3. The molecule has 1 saturated carbocycles. The molecule has 2 N–H and O–H groups in total. The quantitative estimate of drug-likeness (QED) is 0.297. The summed E-state index contributed by atoms with van der Waals surface area (Å²) in [5.74, 6) is -0.346. The lowest BCUT2D eigenvalue weighted by Gasteiger charge is -2.24. The minimum atomic E-state index is -3.36. The fourth-order valence-electron chi connectivity index (χ4n) is 4.43. The molecule has 40 heavy (non-hydrogen) atoms. The van der Waals surface area contributed by atoms with E-state index in [0.717, 1.165) is 16.0 Å². The van der Waals surface area contributed by atoms with Crippen LogP contribution < -0.4 is 10.0 Å². The Morgan fingerprint density at radius 3 is 2.65 bits per heavy atom. The number of pyridine rings is 2. The van der Waals surface area contributed by atoms with Crippen molar-refractivity contribution in [2.75, 3.05) is 24.4 Å². The van der Waals surface area contributed by atoms with Crippen molar-refractivity contribution in [3.05, 3.63) is 64.8 Å². The number of nitrogens with one attached hydrogen (secondary N) is 2. The number of carbonyl (C=O) groups excluding carboxylic acids is 1. The Balaban J connectivity index is 0.000000348. The largest absolute Gasteiger partial charge is 0.344 e. The van der Waals surface area contributed by atoms with Gasteiger partial charge in [0, 0.05) is 29.2 Å². The van der Waals surface area contributed by atoms with Crippen LogP contribution in [0.4, 0.5) is 5.69 Å². The van der Waals surface area contributed by atoms with E-state index >= 15 is 0 Å². The van der Waals surface area contributed by atoms with Crippen LogP contribution in [0.2, 0.25) is 5.02 Å². The summed E-state index contributed by atoms with van der Waals surface area (Å²) < 4.78 is 28.5. The van der Waals surface area contributed by atoms with Gasteiger partial charge in [-0.25, -0.2) is 17.9 Å². The van der Waals surface area contributed by atoms with Gasteiger partial charge in [-0.15, -0.1) is 11.3 Å². The van der Waals surface area contributed by atoms with E-state index in [9.17, 15) is 13.2 Å². The third-order valence-electron chi connectivity index (χ3n) is 6.81. The fourth-order valence-corrected chi connectivity index (χ4v) is 6.82. The number of anilines is 1. The first kappa shape index (κ1) is 28.5. The second kappa shape index (κ2) is 12.6. The average Bonchev–Trinajstić information content (AvgIpc) is 3.59. The van der Waals surface area contributed by atoms with Crippen LogP contribution in [0.25, 0.3) is 16.0 Å². The van der Waals surface area contributed by atoms with Crippen molar-refractivity contribution >= 4 is 50.1 Å². The van der Waals surface area contributed by atoms with Crippen molar-refractivity contribution in [1.29, 1.82) is 0 Å². The Labute approximate surface area is 242 Å². The van der Waals surface area contributed by atoms with E-state index < -0.39 is 10.0 Å². The minimum Gasteiger partial charge on any atom is -0.344 e. The highest BCUT2D eigenvalue weighted by molar-refractivity contribution is 7.93. The molecule has 1 aliphatic heterocycles. The Bertz CT molecular complexity index is 1580. The molecule has 6 rings (SSSR count). The summed E-state index contributed by atoms with van der Waals surface area (Å²) in [7, 11) is -3.36. The molecule has 5 heterocycles. The third-order valence-corrected chi connectivity index (χ3v) is 9.95. The van der Waals surface area contributed by atoms with Crippen LogP contribution in [-0.2, 0) is 16.6 Å². The number of amides is 1. The first-order valence-electron chi connectivity index (χ1n) is 13.4. The number of nitrogens with zero attached hydrogens (tertiary/aromatic N) is 5. The summed E-state index contributed by atoms with van der Waals surface area (Å²) in [6.45, 7) is 6.32. The van der Waals surface area contributed by atoms with Crippen LogP contribution in [0.3, 0.4) is 0 Å². The minimum absolute atomic E-state index is 0.138. The van der Waals surface area contributed by atoms with Crippen molar-refractivity contribution < 1.29 is 13.2 Å². The fraction of sp³-hybridized carbons (Fsp3) is 0.407. The van der Waals surface area contributed by atoms with Gasteiger partial charge in [0.1, 0.15) is 0 Å². The molecular formula is C27H32ClN7O3S2. The van der Waals surface area contributed by atoms with Crippen molar-refractivity contribution in [3.8, 4) is 10.4 Å². The number of aromatic nitrogens is 4. The van der Waals surface area contributed by atoms with Gasteiger partial charge in [-0.2, -0.15) is 5.10 Å². The van der Waals surface area contributed by atoms with Gasteiger partial charge in [-0.1, -0.05) is 24.9 Å². The van der Waals surface area contributed by atoms with E-state index in [1.54, 1.807) is 47.4 Å². The van der Waals surface area contributed by atoms with Gasteiger partial charge in [-0.05, 0) is 69.6 Å². The number of piperidine rings is 1. The zero-order chi connectivity index (χ0) is 28.1. The Hall–Kier alpha value is -3.06. The predicted molar refractivity (Wildman–Crippen MR) is 158 cm³/mol. The molecule has 1 aliphatic carbocycles. The monoisotopic (exact) mass is 601 g/mol. The summed E-state index contributed by atoms with van der Waals surface area (Å²) in [6, 6.07) is 6.74. The lowest BCUT2D eigenvalue weighted by atomic mass is 10.1. The number of halogens is 1. The number of carbonyl (C=O) groups is 1. The highest BCUT2D eigenvalue weighted by Gasteiger charge is 2.35. The SMILES string of the molecule is CCN1CCCCC1.O=C(NCc1cc(NS(=O)(=O)C2CC2)ccn1)c1ncc(-c2cnn3ccc(Cl)cc23)s1. The van der Waals surface area contributed by atoms with E-state index in [1.807, 2.05) is 0 Å². The van der Waals surface area contributed by atoms with Gasteiger partial charge in [0.2, 0.25) is 10.0 Å². The molecule has 212 valence electrons. The van der Waals surface area contributed by atoms with Gasteiger partial charge < -0.3 is 10.2 Å². The van der Waals surface area contributed by atoms with Crippen LogP contribution in [0.15, 0.2) is 49.1 Å². The van der Waals surface area contributed by atoms with Crippen molar-refractivity contribution in [1.82, 2.24) is 29.8 Å². The second-order valence-electron chi connectivity index (χ2n) is 9.82. The summed E-state index contributed by atoms with van der Waals surface area (Å²) in [6.07, 6.45) is 12.3. The van der Waals surface area contributed by atoms with Gasteiger partial charge in [0.25, 0.3) is 5.91 Å². The van der Waals surface area contributed by atoms with Crippen LogP contribution in [0.1, 0.15) is 54.5 Å². The topological polar surface area (TPSA) is 122 Å². The number of hydrogen-bond acceptors (Lipinski definition) is 8. The first-order valence-corrected chi connectivity index (χ1v) is 16.1. The molecule has 0 spiro atoms. The molecular weight excluding hydrogens is 570 g/mol. The molecule has 4 aromatic rings. The number of likely N-dealkylation sites (tertiary alicyclic amines) is 1. The summed E-state index contributed by atoms with van der Waals surface area (Å²) >= 11 is 7.34. The predicted octanol–water partition coefficient (Wildman–Crippen LogP) is 4.83.